The van der Waals surface area contributed by atoms with E-state index in [1.807, 2.05) is 29.1 Å². The van der Waals surface area contributed by atoms with Crippen LogP contribution in [0.15, 0.2) is 41.2 Å². The van der Waals surface area contributed by atoms with Crippen molar-refractivity contribution in [2.45, 2.75) is 19.1 Å². The van der Waals surface area contributed by atoms with Crippen molar-refractivity contribution in [1.82, 2.24) is 10.3 Å². The van der Waals surface area contributed by atoms with E-state index >= 15 is 0 Å². The number of aliphatic hydroxyl groups excluding tert-OH is 1. The molecule has 0 fully saturated rings. The maximum absolute atomic E-state index is 9.37. The summed E-state index contributed by atoms with van der Waals surface area (Å²) in [7, 11) is 0. The molecule has 90 valence electrons. The molecule has 2 rings (SSSR count). The average Bonchev–Trinajstić information content (AvgIpc) is 2.84. The zero-order chi connectivity index (χ0) is 12.1. The van der Waals surface area contributed by atoms with Crippen molar-refractivity contribution in [3.63, 3.8) is 0 Å². The molecule has 1 heterocycles. The second kappa shape index (κ2) is 5.91. The Hall–Kier alpha value is -1.23. The summed E-state index contributed by atoms with van der Waals surface area (Å²) in [4.78, 5) is 4.35. The molecule has 4 heteroatoms. The van der Waals surface area contributed by atoms with Gasteiger partial charge in [0, 0.05) is 11.9 Å². The van der Waals surface area contributed by atoms with Gasteiger partial charge in [0.2, 0.25) is 0 Å². The number of aromatic nitrogens is 1. The first-order chi connectivity index (χ1) is 8.27. The molecule has 0 saturated carbocycles. The van der Waals surface area contributed by atoms with Crippen molar-refractivity contribution in [1.29, 1.82) is 0 Å². The third-order valence-corrected chi connectivity index (χ3v) is 3.10. The summed E-state index contributed by atoms with van der Waals surface area (Å²) in [5.41, 5.74) is 4.00. The van der Waals surface area contributed by atoms with Gasteiger partial charge in [-0.25, -0.2) is 4.98 Å². The first kappa shape index (κ1) is 12.2. The van der Waals surface area contributed by atoms with E-state index in [9.17, 15) is 5.11 Å². The first-order valence-electron chi connectivity index (χ1n) is 5.62. The largest absolute Gasteiger partial charge is 0.392 e. The molecule has 2 atom stereocenters. The van der Waals surface area contributed by atoms with Gasteiger partial charge in [-0.15, -0.1) is 11.3 Å². The van der Waals surface area contributed by atoms with Crippen molar-refractivity contribution in [3.8, 4) is 0 Å². The molecule has 2 aromatic rings. The summed E-state index contributed by atoms with van der Waals surface area (Å²) in [6.45, 7) is 2.33. The lowest BCUT2D eigenvalue weighted by Crippen LogP contribution is -2.29. The minimum Gasteiger partial charge on any atom is -0.392 e. The maximum Gasteiger partial charge on any atom is 0.0795 e. The number of benzene rings is 1. The van der Waals surface area contributed by atoms with Crippen LogP contribution in [-0.4, -0.2) is 22.7 Å². The average molecular weight is 248 g/mol. The Morgan fingerprint density at radius 3 is 2.71 bits per heavy atom. The van der Waals surface area contributed by atoms with Crippen LogP contribution in [-0.2, 0) is 0 Å². The molecule has 1 aromatic heterocycles. The predicted molar refractivity (Wildman–Crippen MR) is 70.1 cm³/mol. The van der Waals surface area contributed by atoms with E-state index < -0.39 is 0 Å². The summed E-state index contributed by atoms with van der Waals surface area (Å²) < 4.78 is 0. The number of rotatable bonds is 5. The summed E-state index contributed by atoms with van der Waals surface area (Å²) in [5.74, 6) is 0. The van der Waals surface area contributed by atoms with Crippen molar-refractivity contribution in [2.75, 3.05) is 6.54 Å². The second-order valence-electron chi connectivity index (χ2n) is 4.01. The lowest BCUT2D eigenvalue weighted by atomic mass is 10.0. The first-order valence-corrected chi connectivity index (χ1v) is 6.56. The normalized spacial score (nSPS) is 14.5. The molecule has 2 N–H and O–H groups in total. The zero-order valence-corrected chi connectivity index (χ0v) is 10.5. The van der Waals surface area contributed by atoms with Gasteiger partial charge < -0.3 is 10.4 Å². The summed E-state index contributed by atoms with van der Waals surface area (Å²) in [6.07, 6.45) is -0.361. The Balaban J connectivity index is 2.19. The van der Waals surface area contributed by atoms with Crippen LogP contribution >= 0.6 is 11.3 Å². The molecule has 0 aliphatic carbocycles. The molecule has 0 aliphatic rings. The molecule has 0 amide bonds. The predicted octanol–water partition coefficient (Wildman–Crippen LogP) is 2.20. The Morgan fingerprint density at radius 2 is 2.12 bits per heavy atom. The Bertz CT molecular complexity index is 428. The van der Waals surface area contributed by atoms with Crippen molar-refractivity contribution in [3.05, 3.63) is 52.5 Å². The van der Waals surface area contributed by atoms with Gasteiger partial charge in [0.05, 0.1) is 23.4 Å². The fourth-order valence-electron chi connectivity index (χ4n) is 1.69. The minimum atomic E-state index is -0.361. The highest BCUT2D eigenvalue weighted by molar-refractivity contribution is 7.07. The van der Waals surface area contributed by atoms with Gasteiger partial charge in [-0.05, 0) is 12.5 Å². The van der Waals surface area contributed by atoms with Crippen LogP contribution in [0, 0.1) is 0 Å². The number of thiazole rings is 1. The van der Waals surface area contributed by atoms with Gasteiger partial charge >= 0.3 is 0 Å². The van der Waals surface area contributed by atoms with Gasteiger partial charge in [-0.1, -0.05) is 30.3 Å². The Kier molecular flexibility index (Phi) is 4.25. The minimum absolute atomic E-state index is 0.0528. The van der Waals surface area contributed by atoms with Crippen molar-refractivity contribution in [2.24, 2.45) is 0 Å². The lowest BCUT2D eigenvalue weighted by Gasteiger charge is -2.18. The fourth-order valence-corrected chi connectivity index (χ4v) is 2.27. The van der Waals surface area contributed by atoms with Crippen LogP contribution in [0.1, 0.15) is 24.2 Å². The van der Waals surface area contributed by atoms with E-state index in [4.69, 9.17) is 0 Å². The number of hydrogen-bond donors (Lipinski definition) is 2. The molecule has 0 aliphatic heterocycles. The number of hydrogen-bond acceptors (Lipinski definition) is 4. The van der Waals surface area contributed by atoms with E-state index in [2.05, 4.69) is 22.4 Å². The van der Waals surface area contributed by atoms with Crippen LogP contribution in [0.25, 0.3) is 0 Å². The maximum atomic E-state index is 9.37. The van der Waals surface area contributed by atoms with Crippen LogP contribution in [0.5, 0.6) is 0 Å². The molecule has 1 unspecified atom stereocenters. The molecular formula is C13H16N2OS. The topological polar surface area (TPSA) is 45.1 Å². The van der Waals surface area contributed by atoms with E-state index in [0.29, 0.717) is 6.54 Å². The van der Waals surface area contributed by atoms with Gasteiger partial charge in [-0.2, -0.15) is 0 Å². The third kappa shape index (κ3) is 3.36. The Labute approximate surface area is 105 Å². The highest BCUT2D eigenvalue weighted by Gasteiger charge is 2.15. The van der Waals surface area contributed by atoms with E-state index in [1.54, 1.807) is 18.3 Å². The van der Waals surface area contributed by atoms with E-state index in [1.165, 1.54) is 5.56 Å². The number of aliphatic hydroxyl groups is 1. The zero-order valence-electron chi connectivity index (χ0n) is 9.71. The SMILES string of the molecule is C[C@@H](O)CNC(c1ccccc1)c1cscn1. The van der Waals surface area contributed by atoms with E-state index in [-0.39, 0.29) is 12.1 Å². The number of nitrogens with zero attached hydrogens (tertiary/aromatic N) is 1. The highest BCUT2D eigenvalue weighted by Crippen LogP contribution is 2.21. The molecular weight excluding hydrogens is 232 g/mol. The van der Waals surface area contributed by atoms with Crippen LogP contribution in [0.4, 0.5) is 0 Å². The molecule has 0 spiro atoms. The molecule has 0 saturated heterocycles. The van der Waals surface area contributed by atoms with E-state index in [0.717, 1.165) is 5.69 Å². The quantitative estimate of drug-likeness (QED) is 0.852. The summed E-state index contributed by atoms with van der Waals surface area (Å²) in [5, 5.41) is 14.7. The third-order valence-electron chi connectivity index (χ3n) is 2.50. The molecule has 3 nitrogen and oxygen atoms in total. The summed E-state index contributed by atoms with van der Waals surface area (Å²) >= 11 is 1.58. The Morgan fingerprint density at radius 1 is 1.35 bits per heavy atom. The van der Waals surface area contributed by atoms with Crippen molar-refractivity contribution < 1.29 is 5.11 Å². The highest BCUT2D eigenvalue weighted by atomic mass is 32.1. The van der Waals surface area contributed by atoms with Gasteiger partial charge in [-0.3, -0.25) is 0 Å². The van der Waals surface area contributed by atoms with Gasteiger partial charge in [0.1, 0.15) is 0 Å². The van der Waals surface area contributed by atoms with Crippen LogP contribution in [0.2, 0.25) is 0 Å². The fraction of sp³-hybridized carbons (Fsp3) is 0.308. The van der Waals surface area contributed by atoms with Crippen LogP contribution in [0.3, 0.4) is 0 Å². The lowest BCUT2D eigenvalue weighted by molar-refractivity contribution is 0.188. The second-order valence-corrected chi connectivity index (χ2v) is 4.73. The van der Waals surface area contributed by atoms with Gasteiger partial charge in [0.25, 0.3) is 0 Å². The van der Waals surface area contributed by atoms with Crippen LogP contribution < -0.4 is 5.32 Å². The summed E-state index contributed by atoms with van der Waals surface area (Å²) in [6, 6.07) is 10.2. The smallest absolute Gasteiger partial charge is 0.0795 e. The monoisotopic (exact) mass is 248 g/mol. The standard InChI is InChI=1S/C13H16N2OS/c1-10(16)7-14-13(12-8-17-9-15-12)11-5-3-2-4-6-11/h2-6,8-10,13-14,16H,7H2,1H3/t10-,13?/m1/s1. The van der Waals surface area contributed by atoms with Crippen molar-refractivity contribution >= 4 is 11.3 Å². The molecule has 0 bridgehead atoms. The molecule has 0 radical (unpaired) electrons. The molecule has 17 heavy (non-hydrogen) atoms. The number of nitrogens with one attached hydrogen (secondary N) is 1. The molecule has 1 aromatic carbocycles. The van der Waals surface area contributed by atoms with Gasteiger partial charge in [0.15, 0.2) is 0 Å².